The maximum atomic E-state index is 5.68. The molecule has 5 heteroatoms. The molecule has 0 spiro atoms. The van der Waals surface area contributed by atoms with Crippen molar-refractivity contribution in [1.29, 1.82) is 0 Å². The molecular weight excluding hydrogens is 252 g/mol. The maximum Gasteiger partial charge on any atom is 0.218 e. The predicted octanol–water partition coefficient (Wildman–Crippen LogP) is 1.98. The number of hydrogen-bond donors (Lipinski definition) is 1. The molecule has 2 aliphatic heterocycles. The van der Waals surface area contributed by atoms with Crippen molar-refractivity contribution in [2.45, 2.75) is 57.7 Å². The lowest BCUT2D eigenvalue weighted by Crippen LogP contribution is -2.44. The van der Waals surface area contributed by atoms with Crippen LogP contribution in [0.2, 0.25) is 0 Å². The lowest BCUT2D eigenvalue weighted by atomic mass is 10.0. The number of rotatable bonds is 4. The molecule has 1 aromatic heterocycles. The normalized spacial score (nSPS) is 26.4. The molecule has 2 atom stereocenters. The topological polar surface area (TPSA) is 50.3 Å². The van der Waals surface area contributed by atoms with Crippen LogP contribution in [0.5, 0.6) is 5.88 Å². The smallest absolute Gasteiger partial charge is 0.218 e. The van der Waals surface area contributed by atoms with E-state index in [9.17, 15) is 0 Å². The van der Waals surface area contributed by atoms with Gasteiger partial charge in [0, 0.05) is 24.7 Å². The standard InChI is InChI=1S/C15H24N4O/c1-11(2)20-15-9-14(17-10-18-15)19-8-4-6-13(19)12-5-3-7-16-12/h9-13,16H,3-8H2,1-2H3. The first-order valence-electron chi connectivity index (χ1n) is 7.73. The van der Waals surface area contributed by atoms with Gasteiger partial charge in [-0.15, -0.1) is 0 Å². The van der Waals surface area contributed by atoms with Crippen molar-refractivity contribution in [3.63, 3.8) is 0 Å². The summed E-state index contributed by atoms with van der Waals surface area (Å²) in [7, 11) is 0. The highest BCUT2D eigenvalue weighted by atomic mass is 16.5. The summed E-state index contributed by atoms with van der Waals surface area (Å²) in [5, 5.41) is 3.63. The molecule has 3 rings (SSSR count). The van der Waals surface area contributed by atoms with E-state index in [4.69, 9.17) is 4.74 Å². The fourth-order valence-corrected chi connectivity index (χ4v) is 3.33. The zero-order valence-electron chi connectivity index (χ0n) is 12.4. The highest BCUT2D eigenvalue weighted by Crippen LogP contribution is 2.29. The number of nitrogens with one attached hydrogen (secondary N) is 1. The van der Waals surface area contributed by atoms with Crippen LogP contribution < -0.4 is 15.0 Å². The molecule has 20 heavy (non-hydrogen) atoms. The zero-order chi connectivity index (χ0) is 13.9. The molecule has 5 nitrogen and oxygen atoms in total. The Labute approximate surface area is 120 Å². The second-order valence-electron chi connectivity index (χ2n) is 5.99. The van der Waals surface area contributed by atoms with Crippen LogP contribution in [0.1, 0.15) is 39.5 Å². The molecule has 0 aliphatic carbocycles. The lowest BCUT2D eigenvalue weighted by molar-refractivity contribution is 0.232. The fourth-order valence-electron chi connectivity index (χ4n) is 3.33. The van der Waals surface area contributed by atoms with Gasteiger partial charge in [-0.1, -0.05) is 0 Å². The summed E-state index contributed by atoms with van der Waals surface area (Å²) in [5.74, 6) is 1.68. The molecule has 2 unspecified atom stereocenters. The minimum atomic E-state index is 0.142. The van der Waals surface area contributed by atoms with Gasteiger partial charge in [0.2, 0.25) is 5.88 Å². The van der Waals surface area contributed by atoms with Gasteiger partial charge in [0.05, 0.1) is 6.10 Å². The molecule has 0 amide bonds. The molecule has 3 heterocycles. The van der Waals surface area contributed by atoms with E-state index in [0.717, 1.165) is 18.9 Å². The van der Waals surface area contributed by atoms with Crippen LogP contribution in [0.4, 0.5) is 5.82 Å². The first kappa shape index (κ1) is 13.6. The van der Waals surface area contributed by atoms with E-state index in [2.05, 4.69) is 20.2 Å². The van der Waals surface area contributed by atoms with Crippen molar-refractivity contribution in [3.05, 3.63) is 12.4 Å². The van der Waals surface area contributed by atoms with E-state index >= 15 is 0 Å². The molecule has 2 fully saturated rings. The first-order chi connectivity index (χ1) is 9.74. The van der Waals surface area contributed by atoms with Crippen LogP contribution in [-0.2, 0) is 0 Å². The molecular formula is C15H24N4O. The molecule has 1 aromatic rings. The Morgan fingerprint density at radius 3 is 2.95 bits per heavy atom. The van der Waals surface area contributed by atoms with Crippen LogP contribution in [0.15, 0.2) is 12.4 Å². The number of nitrogens with zero attached hydrogens (tertiary/aromatic N) is 3. The Morgan fingerprint density at radius 1 is 1.30 bits per heavy atom. The first-order valence-corrected chi connectivity index (χ1v) is 7.73. The molecule has 0 aromatic carbocycles. The SMILES string of the molecule is CC(C)Oc1cc(N2CCCC2C2CCCN2)ncn1. The highest BCUT2D eigenvalue weighted by molar-refractivity contribution is 5.43. The molecule has 110 valence electrons. The van der Waals surface area contributed by atoms with E-state index in [1.807, 2.05) is 19.9 Å². The van der Waals surface area contributed by atoms with E-state index in [-0.39, 0.29) is 6.10 Å². The molecule has 0 saturated carbocycles. The second-order valence-corrected chi connectivity index (χ2v) is 5.99. The minimum absolute atomic E-state index is 0.142. The number of hydrogen-bond acceptors (Lipinski definition) is 5. The van der Waals surface area contributed by atoms with Crippen molar-refractivity contribution in [2.24, 2.45) is 0 Å². The van der Waals surface area contributed by atoms with Crippen LogP contribution >= 0.6 is 0 Å². The van der Waals surface area contributed by atoms with Gasteiger partial charge in [-0.05, 0) is 46.1 Å². The molecule has 2 saturated heterocycles. The molecule has 0 bridgehead atoms. The van der Waals surface area contributed by atoms with E-state index in [1.165, 1.54) is 25.7 Å². The maximum absolute atomic E-state index is 5.68. The predicted molar refractivity (Wildman–Crippen MR) is 79.2 cm³/mol. The Bertz CT molecular complexity index is 445. The zero-order valence-corrected chi connectivity index (χ0v) is 12.4. The van der Waals surface area contributed by atoms with Crippen LogP contribution in [0.25, 0.3) is 0 Å². The summed E-state index contributed by atoms with van der Waals surface area (Å²) in [6.07, 6.45) is 6.82. The quantitative estimate of drug-likeness (QED) is 0.911. The monoisotopic (exact) mass is 276 g/mol. The highest BCUT2D eigenvalue weighted by Gasteiger charge is 2.34. The van der Waals surface area contributed by atoms with Crippen molar-refractivity contribution < 1.29 is 4.74 Å². The van der Waals surface area contributed by atoms with Crippen molar-refractivity contribution in [1.82, 2.24) is 15.3 Å². The fraction of sp³-hybridized carbons (Fsp3) is 0.733. The summed E-state index contributed by atoms with van der Waals surface area (Å²) in [6, 6.07) is 3.16. The van der Waals surface area contributed by atoms with E-state index < -0.39 is 0 Å². The molecule has 2 aliphatic rings. The van der Waals surface area contributed by atoms with Gasteiger partial charge in [-0.3, -0.25) is 0 Å². The van der Waals surface area contributed by atoms with Gasteiger partial charge in [-0.25, -0.2) is 9.97 Å². The summed E-state index contributed by atoms with van der Waals surface area (Å²) in [5.41, 5.74) is 0. The third-order valence-electron chi connectivity index (χ3n) is 4.14. The molecule has 0 radical (unpaired) electrons. The van der Waals surface area contributed by atoms with Gasteiger partial charge in [0.1, 0.15) is 12.1 Å². The summed E-state index contributed by atoms with van der Waals surface area (Å²) >= 11 is 0. The summed E-state index contributed by atoms with van der Waals surface area (Å²) in [6.45, 7) is 6.27. The Hall–Kier alpha value is -1.36. The Kier molecular flexibility index (Phi) is 4.05. The van der Waals surface area contributed by atoms with Crippen LogP contribution in [0, 0.1) is 0 Å². The van der Waals surface area contributed by atoms with Gasteiger partial charge in [0.25, 0.3) is 0 Å². The van der Waals surface area contributed by atoms with Crippen molar-refractivity contribution in [3.8, 4) is 5.88 Å². The Balaban J connectivity index is 1.76. The third kappa shape index (κ3) is 2.87. The summed E-state index contributed by atoms with van der Waals surface area (Å²) in [4.78, 5) is 11.1. The third-order valence-corrected chi connectivity index (χ3v) is 4.14. The average Bonchev–Trinajstić information content (AvgIpc) is 3.09. The van der Waals surface area contributed by atoms with Gasteiger partial charge in [-0.2, -0.15) is 0 Å². The van der Waals surface area contributed by atoms with Crippen LogP contribution in [-0.4, -0.2) is 41.2 Å². The number of aromatic nitrogens is 2. The molecule has 1 N–H and O–H groups in total. The van der Waals surface area contributed by atoms with E-state index in [0.29, 0.717) is 18.0 Å². The van der Waals surface area contributed by atoms with Gasteiger partial charge >= 0.3 is 0 Å². The minimum Gasteiger partial charge on any atom is -0.475 e. The largest absolute Gasteiger partial charge is 0.475 e. The van der Waals surface area contributed by atoms with Crippen molar-refractivity contribution in [2.75, 3.05) is 18.0 Å². The Morgan fingerprint density at radius 2 is 2.20 bits per heavy atom. The second kappa shape index (κ2) is 5.95. The number of ether oxygens (including phenoxy) is 1. The summed E-state index contributed by atoms with van der Waals surface area (Å²) < 4.78 is 5.68. The van der Waals surface area contributed by atoms with Crippen LogP contribution in [0.3, 0.4) is 0 Å². The van der Waals surface area contributed by atoms with Crippen molar-refractivity contribution >= 4 is 5.82 Å². The van der Waals surface area contributed by atoms with Gasteiger partial charge < -0.3 is 15.0 Å². The average molecular weight is 276 g/mol. The van der Waals surface area contributed by atoms with Gasteiger partial charge in [0.15, 0.2) is 0 Å². The lowest BCUT2D eigenvalue weighted by Gasteiger charge is -2.30. The number of anilines is 1. The van der Waals surface area contributed by atoms with E-state index in [1.54, 1.807) is 6.33 Å².